The molecule has 86 valence electrons. The Labute approximate surface area is 103 Å². The van der Waals surface area contributed by atoms with Crippen LogP contribution in [0, 0.1) is 5.82 Å². The van der Waals surface area contributed by atoms with E-state index >= 15 is 0 Å². The lowest BCUT2D eigenvalue weighted by atomic mass is 10.0. The molecule has 0 aliphatic rings. The van der Waals surface area contributed by atoms with E-state index in [9.17, 15) is 4.39 Å². The first-order valence-corrected chi connectivity index (χ1v) is 5.26. The summed E-state index contributed by atoms with van der Waals surface area (Å²) in [5.41, 5.74) is 6.27. The molecule has 2 nitrogen and oxygen atoms in total. The lowest BCUT2D eigenvalue weighted by Crippen LogP contribution is -2.12. The van der Waals surface area contributed by atoms with Crippen molar-refractivity contribution in [1.29, 1.82) is 0 Å². The monoisotopic (exact) mass is 297 g/mol. The van der Waals surface area contributed by atoms with Gasteiger partial charge in [-0.15, -0.1) is 12.4 Å². The van der Waals surface area contributed by atoms with E-state index in [0.29, 0.717) is 22.9 Å². The summed E-state index contributed by atoms with van der Waals surface area (Å²) < 4.78 is 13.9. The Bertz CT molecular complexity index is 311. The maximum Gasteiger partial charge on any atom is 0.142 e. The molecule has 0 saturated heterocycles. The van der Waals surface area contributed by atoms with Crippen LogP contribution in [-0.2, 0) is 0 Å². The highest BCUT2D eigenvalue weighted by Gasteiger charge is 2.12. The van der Waals surface area contributed by atoms with Crippen molar-refractivity contribution >= 4 is 28.3 Å². The van der Waals surface area contributed by atoms with Crippen LogP contribution in [0.2, 0.25) is 0 Å². The molecule has 0 aliphatic carbocycles. The van der Waals surface area contributed by atoms with Gasteiger partial charge in [0.25, 0.3) is 0 Å². The fraction of sp³-hybridized carbons (Fsp3) is 0.400. The van der Waals surface area contributed by atoms with E-state index in [2.05, 4.69) is 15.9 Å². The van der Waals surface area contributed by atoms with Crippen molar-refractivity contribution in [3.8, 4) is 0 Å². The standard InChI is InChI=1S/C10H13BrFNO.ClH/c11-8-4-1-3-7(10(8)12)9(13)5-2-6-14;/h1,3-4,9,14H,2,5-6,13H2;1H/t9-;/m0./s1. The van der Waals surface area contributed by atoms with E-state index in [1.165, 1.54) is 0 Å². The molecule has 0 radical (unpaired) electrons. The molecule has 1 atom stereocenters. The molecular weight excluding hydrogens is 284 g/mol. The number of aliphatic hydroxyl groups excluding tert-OH is 1. The minimum absolute atomic E-state index is 0. The topological polar surface area (TPSA) is 46.2 Å². The van der Waals surface area contributed by atoms with Gasteiger partial charge in [0.15, 0.2) is 0 Å². The molecule has 1 aromatic rings. The fourth-order valence-corrected chi connectivity index (χ4v) is 1.66. The van der Waals surface area contributed by atoms with E-state index in [0.717, 1.165) is 0 Å². The van der Waals surface area contributed by atoms with Gasteiger partial charge in [-0.05, 0) is 34.8 Å². The molecule has 0 amide bonds. The van der Waals surface area contributed by atoms with Gasteiger partial charge in [-0.2, -0.15) is 0 Å². The van der Waals surface area contributed by atoms with Crippen LogP contribution in [0.1, 0.15) is 24.4 Å². The van der Waals surface area contributed by atoms with Crippen molar-refractivity contribution in [2.24, 2.45) is 5.73 Å². The van der Waals surface area contributed by atoms with Crippen LogP contribution >= 0.6 is 28.3 Å². The van der Waals surface area contributed by atoms with Gasteiger partial charge in [0.2, 0.25) is 0 Å². The summed E-state index contributed by atoms with van der Waals surface area (Å²) >= 11 is 3.10. The molecule has 0 spiro atoms. The molecule has 0 unspecified atom stereocenters. The summed E-state index contributed by atoms with van der Waals surface area (Å²) in [5, 5.41) is 8.63. The highest BCUT2D eigenvalue weighted by molar-refractivity contribution is 9.10. The SMILES string of the molecule is Cl.N[C@@H](CCCO)c1cccc(Br)c1F. The van der Waals surface area contributed by atoms with E-state index < -0.39 is 0 Å². The number of benzene rings is 1. The van der Waals surface area contributed by atoms with Crippen LogP contribution in [0.3, 0.4) is 0 Å². The number of nitrogens with two attached hydrogens (primary N) is 1. The highest BCUT2D eigenvalue weighted by Crippen LogP contribution is 2.24. The third kappa shape index (κ3) is 4.07. The average molecular weight is 299 g/mol. The first kappa shape index (κ1) is 14.8. The van der Waals surface area contributed by atoms with E-state index in [1.807, 2.05) is 0 Å². The number of rotatable bonds is 4. The summed E-state index contributed by atoms with van der Waals surface area (Å²) in [6, 6.07) is 4.71. The summed E-state index contributed by atoms with van der Waals surface area (Å²) in [6.07, 6.45) is 1.18. The smallest absolute Gasteiger partial charge is 0.142 e. The lowest BCUT2D eigenvalue weighted by molar-refractivity contribution is 0.279. The van der Waals surface area contributed by atoms with Crippen molar-refractivity contribution in [2.75, 3.05) is 6.61 Å². The van der Waals surface area contributed by atoms with Crippen LogP contribution < -0.4 is 5.73 Å². The fourth-order valence-electron chi connectivity index (χ4n) is 1.27. The zero-order valence-corrected chi connectivity index (χ0v) is 10.5. The molecule has 0 heterocycles. The predicted octanol–water partition coefficient (Wildman–Crippen LogP) is 2.78. The molecule has 3 N–H and O–H groups in total. The lowest BCUT2D eigenvalue weighted by Gasteiger charge is -2.12. The molecular formula is C10H14BrClFNO. The highest BCUT2D eigenvalue weighted by atomic mass is 79.9. The van der Waals surface area contributed by atoms with E-state index in [1.54, 1.807) is 18.2 Å². The van der Waals surface area contributed by atoms with Crippen molar-refractivity contribution in [2.45, 2.75) is 18.9 Å². The third-order valence-electron chi connectivity index (χ3n) is 2.05. The first-order valence-electron chi connectivity index (χ1n) is 4.47. The van der Waals surface area contributed by atoms with Crippen LogP contribution in [0.5, 0.6) is 0 Å². The Hall–Kier alpha value is -0.160. The Balaban J connectivity index is 0.00000196. The van der Waals surface area contributed by atoms with Crippen molar-refractivity contribution in [3.63, 3.8) is 0 Å². The van der Waals surface area contributed by atoms with Gasteiger partial charge < -0.3 is 10.8 Å². The largest absolute Gasteiger partial charge is 0.396 e. The van der Waals surface area contributed by atoms with Crippen molar-refractivity contribution in [1.82, 2.24) is 0 Å². The second-order valence-electron chi connectivity index (χ2n) is 3.12. The minimum Gasteiger partial charge on any atom is -0.396 e. The molecule has 5 heteroatoms. The Morgan fingerprint density at radius 2 is 2.13 bits per heavy atom. The number of halogens is 3. The van der Waals surface area contributed by atoms with E-state index in [-0.39, 0.29) is 30.9 Å². The molecule has 0 aliphatic heterocycles. The number of hydrogen-bond acceptors (Lipinski definition) is 2. The van der Waals surface area contributed by atoms with Crippen molar-refractivity contribution in [3.05, 3.63) is 34.1 Å². The normalized spacial score (nSPS) is 12.0. The third-order valence-corrected chi connectivity index (χ3v) is 2.67. The van der Waals surface area contributed by atoms with Crippen molar-refractivity contribution < 1.29 is 9.50 Å². The zero-order valence-electron chi connectivity index (χ0n) is 8.12. The summed E-state index contributed by atoms with van der Waals surface area (Å²) in [6.45, 7) is 0.0866. The minimum atomic E-state index is -0.348. The summed E-state index contributed by atoms with van der Waals surface area (Å²) in [4.78, 5) is 0. The van der Waals surface area contributed by atoms with Gasteiger partial charge in [0.1, 0.15) is 5.82 Å². The Kier molecular flexibility index (Phi) is 7.09. The van der Waals surface area contributed by atoms with E-state index in [4.69, 9.17) is 10.8 Å². The molecule has 15 heavy (non-hydrogen) atoms. The zero-order chi connectivity index (χ0) is 10.6. The van der Waals surface area contributed by atoms with Crippen LogP contribution in [0.25, 0.3) is 0 Å². The second-order valence-corrected chi connectivity index (χ2v) is 3.97. The van der Waals surface area contributed by atoms with Gasteiger partial charge in [0, 0.05) is 18.2 Å². The molecule has 0 aromatic heterocycles. The van der Waals surface area contributed by atoms with Crippen LogP contribution in [0.4, 0.5) is 4.39 Å². The van der Waals surface area contributed by atoms with Crippen LogP contribution in [-0.4, -0.2) is 11.7 Å². The Morgan fingerprint density at radius 3 is 2.73 bits per heavy atom. The molecule has 1 aromatic carbocycles. The molecule has 0 bridgehead atoms. The molecule has 0 saturated carbocycles. The maximum absolute atomic E-state index is 13.5. The van der Waals surface area contributed by atoms with Gasteiger partial charge in [0.05, 0.1) is 4.47 Å². The number of hydrogen-bond donors (Lipinski definition) is 2. The maximum atomic E-state index is 13.5. The molecule has 1 rings (SSSR count). The van der Waals surface area contributed by atoms with Gasteiger partial charge >= 0.3 is 0 Å². The second kappa shape index (κ2) is 7.17. The quantitative estimate of drug-likeness (QED) is 0.898. The van der Waals surface area contributed by atoms with Gasteiger partial charge in [-0.1, -0.05) is 12.1 Å². The summed E-state index contributed by atoms with van der Waals surface area (Å²) in [7, 11) is 0. The van der Waals surface area contributed by atoms with Crippen LogP contribution in [0.15, 0.2) is 22.7 Å². The first-order chi connectivity index (χ1) is 6.66. The van der Waals surface area contributed by atoms with Gasteiger partial charge in [-0.25, -0.2) is 4.39 Å². The Morgan fingerprint density at radius 1 is 1.47 bits per heavy atom. The summed E-state index contributed by atoms with van der Waals surface area (Å²) in [5.74, 6) is -0.307. The number of aliphatic hydroxyl groups is 1. The average Bonchev–Trinajstić information content (AvgIpc) is 2.18. The molecule has 0 fully saturated rings. The van der Waals surface area contributed by atoms with Gasteiger partial charge in [-0.3, -0.25) is 0 Å². The predicted molar refractivity (Wildman–Crippen MR) is 64.6 cm³/mol.